The summed E-state index contributed by atoms with van der Waals surface area (Å²) >= 11 is 0. The number of rotatable bonds is 5. The molecule has 3 nitrogen and oxygen atoms in total. The molecule has 0 aliphatic heterocycles. The Morgan fingerprint density at radius 1 is 0.840 bits per heavy atom. The van der Waals surface area contributed by atoms with Gasteiger partial charge in [-0.05, 0) is 46.8 Å². The van der Waals surface area contributed by atoms with Crippen LogP contribution in [0.2, 0.25) is 0 Å². The minimum Gasteiger partial charge on any atom is -0.352 e. The first-order valence-corrected chi connectivity index (χ1v) is 8.62. The molecule has 1 amide bonds. The maximum Gasteiger partial charge on any atom is 0.251 e. The van der Waals surface area contributed by atoms with Crippen LogP contribution in [0.15, 0.2) is 79.0 Å². The molecule has 0 saturated heterocycles. The highest BCUT2D eigenvalue weighted by molar-refractivity contribution is 5.98. The largest absolute Gasteiger partial charge is 0.352 e. The fraction of sp³-hybridized carbons (Fsp3) is 0.136. The van der Waals surface area contributed by atoms with Crippen molar-refractivity contribution in [3.63, 3.8) is 0 Å². The molecule has 0 atom stereocenters. The predicted molar refractivity (Wildman–Crippen MR) is 103 cm³/mol. The molecule has 0 aliphatic rings. The number of aryl methyl sites for hydroxylation is 1. The van der Waals surface area contributed by atoms with Gasteiger partial charge in [-0.1, -0.05) is 48.5 Å². The van der Waals surface area contributed by atoms with E-state index < -0.39 is 0 Å². The Balaban J connectivity index is 1.35. The van der Waals surface area contributed by atoms with E-state index >= 15 is 0 Å². The van der Waals surface area contributed by atoms with Crippen LogP contribution >= 0.6 is 0 Å². The van der Waals surface area contributed by atoms with Crippen molar-refractivity contribution in [1.82, 2.24) is 9.88 Å². The van der Waals surface area contributed by atoms with Crippen LogP contribution < -0.4 is 5.32 Å². The molecule has 1 aromatic heterocycles. The van der Waals surface area contributed by atoms with E-state index in [1.165, 1.54) is 10.9 Å². The average Bonchev–Trinajstić information content (AvgIpc) is 3.08. The Labute approximate surface area is 146 Å². The zero-order valence-corrected chi connectivity index (χ0v) is 14.0. The third kappa shape index (κ3) is 3.26. The van der Waals surface area contributed by atoms with Crippen LogP contribution in [-0.4, -0.2) is 17.0 Å². The van der Waals surface area contributed by atoms with E-state index in [1.807, 2.05) is 36.4 Å². The highest BCUT2D eigenvalue weighted by atomic mass is 16.1. The first-order chi connectivity index (χ1) is 12.3. The standard InChI is InChI=1S/C22H20N2O/c25-22(20-11-10-17-6-1-2-8-19(17)16-20)23-13-5-14-24-15-12-18-7-3-4-9-21(18)24/h1-4,6-12,15-16H,5,13-14H2,(H,23,25). The summed E-state index contributed by atoms with van der Waals surface area (Å²) in [5, 5.41) is 6.52. The molecule has 0 spiro atoms. The molecule has 4 rings (SSSR count). The number of hydrogen-bond donors (Lipinski definition) is 1. The summed E-state index contributed by atoms with van der Waals surface area (Å²) < 4.78 is 2.23. The molecule has 0 aliphatic carbocycles. The Morgan fingerprint density at radius 2 is 1.60 bits per heavy atom. The first kappa shape index (κ1) is 15.5. The summed E-state index contributed by atoms with van der Waals surface area (Å²) in [5.74, 6) is -0.0110. The van der Waals surface area contributed by atoms with E-state index in [-0.39, 0.29) is 5.91 Å². The van der Waals surface area contributed by atoms with Gasteiger partial charge >= 0.3 is 0 Å². The first-order valence-electron chi connectivity index (χ1n) is 8.62. The van der Waals surface area contributed by atoms with Crippen LogP contribution in [0.4, 0.5) is 0 Å². The number of fused-ring (bicyclic) bond motifs is 2. The number of carbonyl (C=O) groups is 1. The molecule has 3 aromatic carbocycles. The second kappa shape index (κ2) is 6.81. The Kier molecular flexibility index (Phi) is 4.21. The van der Waals surface area contributed by atoms with Gasteiger partial charge in [-0.15, -0.1) is 0 Å². The molecular formula is C22H20N2O. The summed E-state index contributed by atoms with van der Waals surface area (Å²) in [6, 6.07) is 24.4. The quantitative estimate of drug-likeness (QED) is 0.533. The van der Waals surface area contributed by atoms with E-state index in [1.54, 1.807) is 0 Å². The lowest BCUT2D eigenvalue weighted by atomic mass is 10.1. The number of nitrogens with zero attached hydrogens (tertiary/aromatic N) is 1. The lowest BCUT2D eigenvalue weighted by molar-refractivity contribution is 0.0953. The smallest absolute Gasteiger partial charge is 0.251 e. The van der Waals surface area contributed by atoms with Crippen molar-refractivity contribution in [3.05, 3.63) is 84.6 Å². The second-order valence-electron chi connectivity index (χ2n) is 6.24. The fourth-order valence-electron chi connectivity index (χ4n) is 3.22. The van der Waals surface area contributed by atoms with Gasteiger partial charge in [0.2, 0.25) is 0 Å². The SMILES string of the molecule is O=C(NCCCn1ccc2ccccc21)c1ccc2ccccc2c1. The van der Waals surface area contributed by atoms with Gasteiger partial charge in [0.15, 0.2) is 0 Å². The minimum absolute atomic E-state index is 0.0110. The van der Waals surface area contributed by atoms with E-state index in [0.29, 0.717) is 12.1 Å². The summed E-state index contributed by atoms with van der Waals surface area (Å²) in [7, 11) is 0. The lowest BCUT2D eigenvalue weighted by Crippen LogP contribution is -2.25. The van der Waals surface area contributed by atoms with Gasteiger partial charge in [0.05, 0.1) is 0 Å². The van der Waals surface area contributed by atoms with Crippen molar-refractivity contribution in [3.8, 4) is 0 Å². The Bertz CT molecular complexity index is 1030. The van der Waals surface area contributed by atoms with Crippen LogP contribution in [-0.2, 0) is 6.54 Å². The molecule has 0 radical (unpaired) electrons. The monoisotopic (exact) mass is 328 g/mol. The summed E-state index contributed by atoms with van der Waals surface area (Å²) in [4.78, 5) is 12.3. The van der Waals surface area contributed by atoms with Crippen LogP contribution in [0.25, 0.3) is 21.7 Å². The third-order valence-electron chi connectivity index (χ3n) is 4.55. The second-order valence-corrected chi connectivity index (χ2v) is 6.24. The van der Waals surface area contributed by atoms with Gasteiger partial charge in [-0.25, -0.2) is 0 Å². The Morgan fingerprint density at radius 3 is 2.48 bits per heavy atom. The highest BCUT2D eigenvalue weighted by Gasteiger charge is 2.06. The molecule has 0 fully saturated rings. The van der Waals surface area contributed by atoms with E-state index in [9.17, 15) is 4.79 Å². The van der Waals surface area contributed by atoms with Gasteiger partial charge in [-0.3, -0.25) is 4.79 Å². The van der Waals surface area contributed by atoms with Crippen LogP contribution in [0.5, 0.6) is 0 Å². The van der Waals surface area contributed by atoms with Crippen LogP contribution in [0, 0.1) is 0 Å². The van der Waals surface area contributed by atoms with E-state index in [0.717, 1.165) is 23.7 Å². The number of benzene rings is 3. The van der Waals surface area contributed by atoms with Crippen molar-refractivity contribution in [1.29, 1.82) is 0 Å². The van der Waals surface area contributed by atoms with Crippen molar-refractivity contribution >= 4 is 27.6 Å². The molecule has 4 aromatic rings. The van der Waals surface area contributed by atoms with Crippen molar-refractivity contribution in [2.75, 3.05) is 6.54 Å². The summed E-state index contributed by atoms with van der Waals surface area (Å²) in [6.07, 6.45) is 3.01. The molecule has 1 N–H and O–H groups in total. The maximum absolute atomic E-state index is 12.3. The highest BCUT2D eigenvalue weighted by Crippen LogP contribution is 2.16. The molecular weight excluding hydrogens is 308 g/mol. The normalized spacial score (nSPS) is 11.0. The van der Waals surface area contributed by atoms with Crippen molar-refractivity contribution < 1.29 is 4.79 Å². The topological polar surface area (TPSA) is 34.0 Å². The van der Waals surface area contributed by atoms with Gasteiger partial charge in [-0.2, -0.15) is 0 Å². The molecule has 0 saturated carbocycles. The van der Waals surface area contributed by atoms with Crippen LogP contribution in [0.3, 0.4) is 0 Å². The van der Waals surface area contributed by atoms with Gasteiger partial charge < -0.3 is 9.88 Å². The van der Waals surface area contributed by atoms with Crippen LogP contribution in [0.1, 0.15) is 16.8 Å². The van der Waals surface area contributed by atoms with E-state index in [2.05, 4.69) is 52.5 Å². The predicted octanol–water partition coefficient (Wildman–Crippen LogP) is 4.61. The van der Waals surface area contributed by atoms with E-state index in [4.69, 9.17) is 0 Å². The lowest BCUT2D eigenvalue weighted by Gasteiger charge is -2.08. The van der Waals surface area contributed by atoms with Gasteiger partial charge in [0, 0.05) is 30.4 Å². The number of nitrogens with one attached hydrogen (secondary N) is 1. The Hall–Kier alpha value is -3.07. The summed E-state index contributed by atoms with van der Waals surface area (Å²) in [5.41, 5.74) is 1.95. The van der Waals surface area contributed by atoms with Gasteiger partial charge in [0.1, 0.15) is 0 Å². The third-order valence-corrected chi connectivity index (χ3v) is 4.55. The van der Waals surface area contributed by atoms with Crippen molar-refractivity contribution in [2.45, 2.75) is 13.0 Å². The molecule has 0 bridgehead atoms. The zero-order valence-electron chi connectivity index (χ0n) is 14.0. The number of carbonyl (C=O) groups excluding carboxylic acids is 1. The summed E-state index contributed by atoms with van der Waals surface area (Å²) in [6.45, 7) is 1.56. The zero-order chi connectivity index (χ0) is 17.1. The number of para-hydroxylation sites is 1. The molecule has 3 heteroatoms. The number of aromatic nitrogens is 1. The maximum atomic E-state index is 12.3. The van der Waals surface area contributed by atoms with Gasteiger partial charge in [0.25, 0.3) is 5.91 Å². The number of hydrogen-bond acceptors (Lipinski definition) is 1. The molecule has 0 unspecified atom stereocenters. The average molecular weight is 328 g/mol. The fourth-order valence-corrected chi connectivity index (χ4v) is 3.22. The minimum atomic E-state index is -0.0110. The number of amides is 1. The molecule has 25 heavy (non-hydrogen) atoms. The van der Waals surface area contributed by atoms with Crippen molar-refractivity contribution in [2.24, 2.45) is 0 Å². The molecule has 1 heterocycles. The molecule has 124 valence electrons.